The second-order valence-corrected chi connectivity index (χ2v) is 6.15. The SMILES string of the molecule is COCc1c(F)cc(C2(C(=O)O)CCCCC2)cc1Br. The smallest absolute Gasteiger partial charge is 0.314 e. The number of methoxy groups -OCH3 is 1. The molecule has 110 valence electrons. The number of carboxylic acid groups (broad SMARTS) is 1. The predicted octanol–water partition coefficient (Wildman–Crippen LogP) is 4.02. The Morgan fingerprint density at radius 1 is 1.40 bits per heavy atom. The number of hydrogen-bond donors (Lipinski definition) is 1. The number of ether oxygens (including phenoxy) is 1. The van der Waals surface area contributed by atoms with E-state index in [1.807, 2.05) is 0 Å². The van der Waals surface area contributed by atoms with Crippen LogP contribution in [0.4, 0.5) is 4.39 Å². The van der Waals surface area contributed by atoms with E-state index in [9.17, 15) is 14.3 Å². The molecule has 1 aromatic rings. The minimum absolute atomic E-state index is 0.159. The van der Waals surface area contributed by atoms with E-state index < -0.39 is 17.2 Å². The predicted molar refractivity (Wildman–Crippen MR) is 77.2 cm³/mol. The van der Waals surface area contributed by atoms with Crippen molar-refractivity contribution in [3.63, 3.8) is 0 Å². The molecule has 0 unspecified atom stereocenters. The number of rotatable bonds is 4. The molecule has 20 heavy (non-hydrogen) atoms. The highest BCUT2D eigenvalue weighted by Gasteiger charge is 2.41. The van der Waals surface area contributed by atoms with Gasteiger partial charge in [0.2, 0.25) is 0 Å². The van der Waals surface area contributed by atoms with Crippen LogP contribution in [0.2, 0.25) is 0 Å². The molecule has 1 aliphatic rings. The van der Waals surface area contributed by atoms with Gasteiger partial charge < -0.3 is 9.84 Å². The molecule has 1 aromatic carbocycles. The molecule has 1 aliphatic carbocycles. The molecule has 0 saturated heterocycles. The quantitative estimate of drug-likeness (QED) is 0.897. The van der Waals surface area contributed by atoms with Crippen molar-refractivity contribution in [2.75, 3.05) is 7.11 Å². The maximum atomic E-state index is 14.2. The Hall–Kier alpha value is -0.940. The van der Waals surface area contributed by atoms with Gasteiger partial charge >= 0.3 is 5.97 Å². The first-order valence-corrected chi connectivity index (χ1v) is 7.51. The van der Waals surface area contributed by atoms with Crippen molar-refractivity contribution < 1.29 is 19.0 Å². The molecule has 0 heterocycles. The van der Waals surface area contributed by atoms with Crippen LogP contribution in [0.15, 0.2) is 16.6 Å². The molecule has 0 aromatic heterocycles. The van der Waals surface area contributed by atoms with E-state index >= 15 is 0 Å². The van der Waals surface area contributed by atoms with Gasteiger partial charge in [-0.3, -0.25) is 4.79 Å². The lowest BCUT2D eigenvalue weighted by atomic mass is 9.69. The van der Waals surface area contributed by atoms with Gasteiger partial charge in [-0.25, -0.2) is 4.39 Å². The Kier molecular flexibility index (Phi) is 4.81. The first-order chi connectivity index (χ1) is 9.51. The fourth-order valence-corrected chi connectivity index (χ4v) is 3.49. The Balaban J connectivity index is 2.47. The fourth-order valence-electron chi connectivity index (χ4n) is 2.94. The van der Waals surface area contributed by atoms with E-state index in [2.05, 4.69) is 15.9 Å². The van der Waals surface area contributed by atoms with Gasteiger partial charge in [-0.1, -0.05) is 35.2 Å². The van der Waals surface area contributed by atoms with Gasteiger partial charge in [0, 0.05) is 17.1 Å². The minimum atomic E-state index is -0.951. The van der Waals surface area contributed by atoms with Crippen LogP contribution in [-0.2, 0) is 21.6 Å². The van der Waals surface area contributed by atoms with Crippen molar-refractivity contribution in [2.45, 2.75) is 44.1 Å². The maximum Gasteiger partial charge on any atom is 0.314 e. The van der Waals surface area contributed by atoms with Crippen LogP contribution in [0.1, 0.15) is 43.2 Å². The summed E-state index contributed by atoms with van der Waals surface area (Å²) in [5.74, 6) is -1.27. The summed E-state index contributed by atoms with van der Waals surface area (Å²) < 4.78 is 19.7. The number of hydrogen-bond acceptors (Lipinski definition) is 2. The zero-order chi connectivity index (χ0) is 14.8. The van der Waals surface area contributed by atoms with Gasteiger partial charge in [-0.2, -0.15) is 0 Å². The summed E-state index contributed by atoms with van der Waals surface area (Å²) in [6, 6.07) is 3.09. The third kappa shape index (κ3) is 2.74. The summed E-state index contributed by atoms with van der Waals surface area (Å²) in [7, 11) is 1.50. The number of carbonyl (C=O) groups is 1. The standard InChI is InChI=1S/C15H18BrFO3/c1-20-9-11-12(16)7-10(8-13(11)17)15(14(18)19)5-3-2-4-6-15/h7-8H,2-6,9H2,1H3,(H,18,19). The van der Waals surface area contributed by atoms with E-state index in [0.717, 1.165) is 19.3 Å². The van der Waals surface area contributed by atoms with Crippen molar-refractivity contribution in [2.24, 2.45) is 0 Å². The molecule has 0 bridgehead atoms. The zero-order valence-corrected chi connectivity index (χ0v) is 13.0. The van der Waals surface area contributed by atoms with E-state index in [-0.39, 0.29) is 6.61 Å². The molecule has 0 amide bonds. The van der Waals surface area contributed by atoms with Gasteiger partial charge in [0.25, 0.3) is 0 Å². The first-order valence-electron chi connectivity index (χ1n) is 6.72. The summed E-state index contributed by atoms with van der Waals surface area (Å²) in [5.41, 5.74) is 0.0225. The fraction of sp³-hybridized carbons (Fsp3) is 0.533. The maximum absolute atomic E-state index is 14.2. The van der Waals surface area contributed by atoms with E-state index in [1.54, 1.807) is 6.07 Å². The van der Waals surface area contributed by atoms with E-state index in [4.69, 9.17) is 4.74 Å². The monoisotopic (exact) mass is 344 g/mol. The van der Waals surface area contributed by atoms with E-state index in [1.165, 1.54) is 13.2 Å². The largest absolute Gasteiger partial charge is 0.481 e. The van der Waals surface area contributed by atoms with Crippen molar-refractivity contribution in [3.8, 4) is 0 Å². The normalized spacial score (nSPS) is 17.9. The van der Waals surface area contributed by atoms with Gasteiger partial charge in [0.05, 0.1) is 12.0 Å². The van der Waals surface area contributed by atoms with Crippen LogP contribution in [0.25, 0.3) is 0 Å². The molecule has 5 heteroatoms. The molecule has 1 fully saturated rings. The molecular weight excluding hydrogens is 327 g/mol. The summed E-state index contributed by atoms with van der Waals surface area (Å²) in [5, 5.41) is 9.63. The number of halogens is 2. The lowest BCUT2D eigenvalue weighted by Crippen LogP contribution is -2.38. The third-order valence-corrected chi connectivity index (χ3v) is 4.81. The lowest BCUT2D eigenvalue weighted by molar-refractivity contribution is -0.145. The van der Waals surface area contributed by atoms with E-state index in [0.29, 0.717) is 28.4 Å². The number of carboxylic acids is 1. The van der Waals surface area contributed by atoms with Crippen LogP contribution >= 0.6 is 15.9 Å². The highest BCUT2D eigenvalue weighted by Crippen LogP contribution is 2.41. The second kappa shape index (κ2) is 6.22. The summed E-state index contributed by atoms with van der Waals surface area (Å²) in [4.78, 5) is 11.7. The molecule has 0 radical (unpaired) electrons. The van der Waals surface area contributed by atoms with Crippen molar-refractivity contribution in [1.82, 2.24) is 0 Å². The first kappa shape index (κ1) is 15.4. The Bertz CT molecular complexity index is 487. The highest BCUT2D eigenvalue weighted by molar-refractivity contribution is 9.10. The summed E-state index contributed by atoms with van der Waals surface area (Å²) >= 11 is 3.33. The number of benzene rings is 1. The topological polar surface area (TPSA) is 46.5 Å². The van der Waals surface area contributed by atoms with Gasteiger partial charge in [0.1, 0.15) is 5.82 Å². The molecule has 3 nitrogen and oxygen atoms in total. The number of aliphatic carboxylic acids is 1. The molecular formula is C15H18BrFO3. The van der Waals surface area contributed by atoms with Crippen LogP contribution < -0.4 is 0 Å². The van der Waals surface area contributed by atoms with Gasteiger partial charge in [-0.15, -0.1) is 0 Å². The lowest BCUT2D eigenvalue weighted by Gasteiger charge is -2.34. The zero-order valence-electron chi connectivity index (χ0n) is 11.4. The minimum Gasteiger partial charge on any atom is -0.481 e. The highest BCUT2D eigenvalue weighted by atomic mass is 79.9. The van der Waals surface area contributed by atoms with Gasteiger partial charge in [-0.05, 0) is 30.5 Å². The third-order valence-electron chi connectivity index (χ3n) is 4.10. The van der Waals surface area contributed by atoms with Gasteiger partial charge in [0.15, 0.2) is 0 Å². The Morgan fingerprint density at radius 3 is 2.55 bits per heavy atom. The van der Waals surface area contributed by atoms with Crippen LogP contribution in [-0.4, -0.2) is 18.2 Å². The average Bonchev–Trinajstić information content (AvgIpc) is 2.43. The van der Waals surface area contributed by atoms with Crippen LogP contribution in [0.3, 0.4) is 0 Å². The Morgan fingerprint density at radius 2 is 2.05 bits per heavy atom. The second-order valence-electron chi connectivity index (χ2n) is 5.30. The molecule has 0 spiro atoms. The van der Waals surface area contributed by atoms with Crippen molar-refractivity contribution in [3.05, 3.63) is 33.5 Å². The van der Waals surface area contributed by atoms with Crippen LogP contribution in [0, 0.1) is 5.82 Å². The molecule has 1 saturated carbocycles. The summed E-state index contributed by atoms with van der Waals surface area (Å²) in [6.07, 6.45) is 3.91. The van der Waals surface area contributed by atoms with Crippen LogP contribution in [0.5, 0.6) is 0 Å². The molecule has 0 atom stereocenters. The molecule has 2 rings (SSSR count). The van der Waals surface area contributed by atoms with Crippen molar-refractivity contribution >= 4 is 21.9 Å². The van der Waals surface area contributed by atoms with Crippen molar-refractivity contribution in [1.29, 1.82) is 0 Å². The Labute approximate surface area is 126 Å². The summed E-state index contributed by atoms with van der Waals surface area (Å²) in [6.45, 7) is 0.159. The average molecular weight is 345 g/mol. The molecule has 1 N–H and O–H groups in total. The molecule has 0 aliphatic heterocycles.